The fraction of sp³-hybridized carbons (Fsp3) is 0.346. The second-order valence-corrected chi connectivity index (χ2v) is 9.02. The molecule has 2 N–H and O–H groups in total. The van der Waals surface area contributed by atoms with Gasteiger partial charge in [-0.1, -0.05) is 24.3 Å². The molecule has 1 spiro atoms. The molecule has 2 aliphatic rings. The fourth-order valence-electron chi connectivity index (χ4n) is 5.08. The molecule has 0 radical (unpaired) electrons. The number of aliphatic imine (C=N–C) groups is 2. The maximum atomic E-state index is 13.6. The first-order valence-corrected chi connectivity index (χ1v) is 11.8. The van der Waals surface area contributed by atoms with Crippen molar-refractivity contribution < 1.29 is 4.79 Å². The number of piperidine rings is 2. The number of rotatable bonds is 5. The maximum absolute atomic E-state index is 13.6. The summed E-state index contributed by atoms with van der Waals surface area (Å²) < 4.78 is 0. The van der Waals surface area contributed by atoms with Gasteiger partial charge in [-0.3, -0.25) is 9.78 Å². The van der Waals surface area contributed by atoms with Gasteiger partial charge in [-0.2, -0.15) is 0 Å². The van der Waals surface area contributed by atoms with E-state index in [0.717, 1.165) is 73.4 Å². The molecule has 2 aliphatic heterocycles. The number of carbonyl (C=O) groups is 1. The van der Waals surface area contributed by atoms with Gasteiger partial charge >= 0.3 is 0 Å². The monoisotopic (exact) mass is 455 g/mol. The summed E-state index contributed by atoms with van der Waals surface area (Å²) in [6.07, 6.45) is 8.19. The van der Waals surface area contributed by atoms with Crippen LogP contribution in [0.1, 0.15) is 31.2 Å². The molecule has 174 valence electrons. The number of nitrogens with two attached hydrogens (primary N) is 1. The van der Waals surface area contributed by atoms with Crippen LogP contribution in [0.2, 0.25) is 0 Å². The Morgan fingerprint density at radius 2 is 1.76 bits per heavy atom. The number of hydrogen-bond donors (Lipinski definition) is 1. The average Bonchev–Trinajstić information content (AvgIpc) is 2.88. The molecule has 5 rings (SSSR count). The van der Waals surface area contributed by atoms with Crippen molar-refractivity contribution in [3.8, 4) is 0 Å². The number of para-hydroxylation sites is 2. The van der Waals surface area contributed by atoms with E-state index in [-0.39, 0.29) is 5.41 Å². The van der Waals surface area contributed by atoms with E-state index >= 15 is 0 Å². The molecule has 34 heavy (non-hydrogen) atoms. The summed E-state index contributed by atoms with van der Waals surface area (Å²) >= 11 is 0. The Kier molecular flexibility index (Phi) is 6.20. The summed E-state index contributed by atoms with van der Waals surface area (Å²) in [5, 5.41) is 0. The molecule has 1 amide bonds. The Bertz CT molecular complexity index is 1210. The number of aromatic nitrogens is 2. The fourth-order valence-corrected chi connectivity index (χ4v) is 5.08. The van der Waals surface area contributed by atoms with Crippen LogP contribution in [-0.4, -0.2) is 53.1 Å². The van der Waals surface area contributed by atoms with E-state index in [0.29, 0.717) is 12.5 Å². The van der Waals surface area contributed by atoms with Crippen molar-refractivity contribution in [2.45, 2.75) is 32.2 Å². The Morgan fingerprint density at radius 1 is 1.00 bits per heavy atom. The van der Waals surface area contributed by atoms with Crippen molar-refractivity contribution in [1.82, 2.24) is 14.9 Å². The van der Waals surface area contributed by atoms with Crippen LogP contribution in [-0.2, 0) is 11.3 Å². The average molecular weight is 456 g/mol. The summed E-state index contributed by atoms with van der Waals surface area (Å²) in [5.41, 5.74) is 8.68. The Labute approximate surface area is 199 Å². The highest BCUT2D eigenvalue weighted by Crippen LogP contribution is 2.42. The summed E-state index contributed by atoms with van der Waals surface area (Å²) in [6.45, 7) is 3.09. The van der Waals surface area contributed by atoms with Gasteiger partial charge < -0.3 is 15.5 Å². The zero-order chi connectivity index (χ0) is 23.4. The van der Waals surface area contributed by atoms with Gasteiger partial charge in [-0.25, -0.2) is 15.0 Å². The number of amides is 1. The molecular weight excluding hydrogens is 426 g/mol. The zero-order valence-electron chi connectivity index (χ0n) is 19.2. The van der Waals surface area contributed by atoms with Gasteiger partial charge in [-0.05, 0) is 55.5 Å². The summed E-state index contributed by atoms with van der Waals surface area (Å²) in [6, 6.07) is 15.8. The van der Waals surface area contributed by atoms with Crippen LogP contribution in [0.15, 0.2) is 64.7 Å². The Morgan fingerprint density at radius 3 is 2.53 bits per heavy atom. The van der Waals surface area contributed by atoms with Crippen LogP contribution in [0, 0.1) is 5.41 Å². The van der Waals surface area contributed by atoms with Crippen LogP contribution in [0.25, 0.3) is 11.0 Å². The van der Waals surface area contributed by atoms with Crippen LogP contribution in [0.4, 0.5) is 11.5 Å². The molecule has 0 atom stereocenters. The molecule has 8 nitrogen and oxygen atoms in total. The largest absolute Gasteiger partial charge is 0.390 e. The van der Waals surface area contributed by atoms with E-state index in [1.165, 1.54) is 12.7 Å². The van der Waals surface area contributed by atoms with E-state index in [2.05, 4.69) is 19.9 Å². The van der Waals surface area contributed by atoms with E-state index in [1.54, 1.807) is 0 Å². The molecule has 0 saturated carbocycles. The standard InChI is InChI=1S/C26H29N7O/c27-18-28-19-30-21-8-6-20(7-9-21)17-33-13-3-10-26(25(33)34)11-14-32(15-12-26)24-16-29-22-4-1-2-5-23(22)31-24/h1-2,4-9,16,18-19H,3,10-15,17H2,(H2,27,28,30). The smallest absolute Gasteiger partial charge is 0.229 e. The van der Waals surface area contributed by atoms with Crippen LogP contribution >= 0.6 is 0 Å². The first-order chi connectivity index (χ1) is 16.7. The number of benzene rings is 2. The highest BCUT2D eigenvalue weighted by atomic mass is 16.2. The molecule has 3 heterocycles. The van der Waals surface area contributed by atoms with Gasteiger partial charge in [0, 0.05) is 26.2 Å². The second-order valence-electron chi connectivity index (χ2n) is 9.02. The number of likely N-dealkylation sites (tertiary alicyclic amines) is 1. The predicted molar refractivity (Wildman–Crippen MR) is 135 cm³/mol. The SMILES string of the molecule is NC=NC=Nc1ccc(CN2CCCC3(CCN(c4cnc5ccccc5n4)CC3)C2=O)cc1. The molecule has 2 fully saturated rings. The van der Waals surface area contributed by atoms with Gasteiger partial charge in [0.15, 0.2) is 0 Å². The molecule has 8 heteroatoms. The van der Waals surface area contributed by atoms with Crippen molar-refractivity contribution in [1.29, 1.82) is 0 Å². The van der Waals surface area contributed by atoms with Crippen molar-refractivity contribution in [2.75, 3.05) is 24.5 Å². The minimum absolute atomic E-state index is 0.260. The third-order valence-electron chi connectivity index (χ3n) is 6.97. The molecule has 0 unspecified atom stereocenters. The normalized spacial score (nSPS) is 18.5. The Hall–Kier alpha value is -3.81. The van der Waals surface area contributed by atoms with Gasteiger partial charge in [0.05, 0.1) is 34.7 Å². The number of fused-ring (bicyclic) bond motifs is 1. The molecule has 1 aromatic heterocycles. The van der Waals surface area contributed by atoms with Gasteiger partial charge in [-0.15, -0.1) is 0 Å². The molecule has 0 aliphatic carbocycles. The summed E-state index contributed by atoms with van der Waals surface area (Å²) in [7, 11) is 0. The number of carbonyl (C=O) groups excluding carboxylic acids is 1. The third kappa shape index (κ3) is 4.48. The highest BCUT2D eigenvalue weighted by Gasteiger charge is 2.45. The summed E-state index contributed by atoms with van der Waals surface area (Å²) in [4.78, 5) is 35.2. The van der Waals surface area contributed by atoms with Crippen LogP contribution < -0.4 is 10.6 Å². The molecule has 2 saturated heterocycles. The van der Waals surface area contributed by atoms with E-state index in [9.17, 15) is 4.79 Å². The van der Waals surface area contributed by atoms with Gasteiger partial charge in [0.1, 0.15) is 12.2 Å². The molecular formula is C26H29N7O. The number of anilines is 1. The maximum Gasteiger partial charge on any atom is 0.229 e. The second kappa shape index (κ2) is 9.59. The van der Waals surface area contributed by atoms with Crippen LogP contribution in [0.5, 0.6) is 0 Å². The van der Waals surface area contributed by atoms with Crippen molar-refractivity contribution in [2.24, 2.45) is 21.1 Å². The van der Waals surface area contributed by atoms with Gasteiger partial charge in [0.25, 0.3) is 0 Å². The number of hydrogen-bond acceptors (Lipinski definition) is 5. The van der Waals surface area contributed by atoms with Crippen molar-refractivity contribution in [3.05, 3.63) is 60.3 Å². The lowest BCUT2D eigenvalue weighted by atomic mass is 9.71. The molecule has 0 bridgehead atoms. The third-order valence-corrected chi connectivity index (χ3v) is 6.97. The first-order valence-electron chi connectivity index (χ1n) is 11.8. The van der Waals surface area contributed by atoms with Crippen molar-refractivity contribution >= 4 is 41.1 Å². The quantitative estimate of drug-likeness (QED) is 0.467. The minimum Gasteiger partial charge on any atom is -0.390 e. The zero-order valence-corrected chi connectivity index (χ0v) is 19.2. The molecule has 2 aromatic carbocycles. The topological polar surface area (TPSA) is 100 Å². The first kappa shape index (κ1) is 22.0. The number of nitrogens with zero attached hydrogens (tertiary/aromatic N) is 6. The van der Waals surface area contributed by atoms with Crippen molar-refractivity contribution in [3.63, 3.8) is 0 Å². The lowest BCUT2D eigenvalue weighted by Gasteiger charge is -2.46. The van der Waals surface area contributed by atoms with Crippen LogP contribution in [0.3, 0.4) is 0 Å². The van der Waals surface area contributed by atoms with E-state index < -0.39 is 0 Å². The minimum atomic E-state index is -0.260. The highest BCUT2D eigenvalue weighted by molar-refractivity contribution is 5.84. The summed E-state index contributed by atoms with van der Waals surface area (Å²) in [5.74, 6) is 1.19. The molecule has 3 aromatic rings. The Balaban J connectivity index is 1.23. The van der Waals surface area contributed by atoms with Gasteiger partial charge in [0.2, 0.25) is 5.91 Å². The lowest BCUT2D eigenvalue weighted by molar-refractivity contribution is -0.148. The van der Waals surface area contributed by atoms with E-state index in [1.807, 2.05) is 59.6 Å². The lowest BCUT2D eigenvalue weighted by Crippen LogP contribution is -2.53. The predicted octanol–water partition coefficient (Wildman–Crippen LogP) is 3.69. The van der Waals surface area contributed by atoms with E-state index in [4.69, 9.17) is 10.7 Å².